The number of nitrogens with one attached hydrogen (secondary N) is 2. The Kier molecular flexibility index (Phi) is 11.6. The van der Waals surface area contributed by atoms with Crippen molar-refractivity contribution in [3.8, 4) is 16.9 Å². The Bertz CT molecular complexity index is 1580. The highest BCUT2D eigenvalue weighted by Gasteiger charge is 2.36. The molecule has 47 heavy (non-hydrogen) atoms. The van der Waals surface area contributed by atoms with Crippen molar-refractivity contribution in [2.24, 2.45) is 0 Å². The highest BCUT2D eigenvalue weighted by molar-refractivity contribution is 6.12. The predicted molar refractivity (Wildman–Crippen MR) is 168 cm³/mol. The van der Waals surface area contributed by atoms with E-state index in [1.165, 1.54) is 6.92 Å². The van der Waals surface area contributed by atoms with Crippen LogP contribution in [0.4, 0.5) is 29.3 Å². The summed E-state index contributed by atoms with van der Waals surface area (Å²) in [5, 5.41) is 4.70. The number of hydrogen-bond acceptors (Lipinski definition) is 8. The Labute approximate surface area is 270 Å². The summed E-state index contributed by atoms with van der Waals surface area (Å²) >= 11 is 0. The van der Waals surface area contributed by atoms with Crippen LogP contribution in [0.25, 0.3) is 11.1 Å². The standard InChI is InChI=1S/C34H38F3N3O7/c1-5-44-29-18-27(40-32(43)47-33(2,3)4)26(17-25(29)34(35,36)37)39-30(42)19-28(41)23-10-8-9-21(15-23)22-12-13-38-24(16-22)20-46-31-11-6-7-14-45-31/h8-10,12-13,15-18,31H,5-7,11,14,19-20H2,1-4H3,(H,39,42)(H,40,43). The summed E-state index contributed by atoms with van der Waals surface area (Å²) in [5.74, 6) is -2.01. The summed E-state index contributed by atoms with van der Waals surface area (Å²) in [4.78, 5) is 43.0. The number of amides is 2. The van der Waals surface area contributed by atoms with Gasteiger partial charge in [-0.1, -0.05) is 18.2 Å². The monoisotopic (exact) mass is 657 g/mol. The zero-order chi connectivity index (χ0) is 34.2. The number of anilines is 2. The zero-order valence-electron chi connectivity index (χ0n) is 26.7. The number of rotatable bonds is 11. The van der Waals surface area contributed by atoms with Crippen LogP contribution in [0.2, 0.25) is 0 Å². The number of benzene rings is 2. The summed E-state index contributed by atoms with van der Waals surface area (Å²) in [6.07, 6.45) is -2.25. The van der Waals surface area contributed by atoms with Crippen LogP contribution < -0.4 is 15.4 Å². The van der Waals surface area contributed by atoms with Crippen LogP contribution in [0, 0.1) is 0 Å². The molecule has 252 valence electrons. The molecule has 10 nitrogen and oxygen atoms in total. The minimum absolute atomic E-state index is 0.0851. The average Bonchev–Trinajstić information content (AvgIpc) is 3.00. The molecule has 0 spiro atoms. The maximum atomic E-state index is 13.9. The van der Waals surface area contributed by atoms with Crippen molar-refractivity contribution in [1.82, 2.24) is 4.98 Å². The van der Waals surface area contributed by atoms with E-state index in [0.717, 1.165) is 30.9 Å². The number of nitrogens with zero attached hydrogens (tertiary/aromatic N) is 1. The van der Waals surface area contributed by atoms with Crippen LogP contribution >= 0.6 is 0 Å². The van der Waals surface area contributed by atoms with E-state index in [9.17, 15) is 27.6 Å². The van der Waals surface area contributed by atoms with Crippen molar-refractivity contribution >= 4 is 29.2 Å². The number of ketones is 1. The Hall–Kier alpha value is -4.49. The number of aromatic nitrogens is 1. The molecule has 0 aliphatic carbocycles. The molecule has 2 amide bonds. The second-order valence-corrected chi connectivity index (χ2v) is 11.8. The lowest BCUT2D eigenvalue weighted by Crippen LogP contribution is -2.28. The van der Waals surface area contributed by atoms with E-state index >= 15 is 0 Å². The quantitative estimate of drug-likeness (QED) is 0.158. The van der Waals surface area contributed by atoms with E-state index in [1.807, 2.05) is 6.07 Å². The van der Waals surface area contributed by atoms with Crippen LogP contribution in [-0.4, -0.2) is 47.9 Å². The molecule has 1 saturated heterocycles. The number of carbonyl (C=O) groups is 3. The minimum atomic E-state index is -4.84. The highest BCUT2D eigenvalue weighted by atomic mass is 19.4. The van der Waals surface area contributed by atoms with Gasteiger partial charge >= 0.3 is 12.3 Å². The fourth-order valence-corrected chi connectivity index (χ4v) is 4.77. The molecule has 0 saturated carbocycles. The molecule has 1 aliphatic heterocycles. The van der Waals surface area contributed by atoms with Crippen molar-refractivity contribution in [1.29, 1.82) is 0 Å². The van der Waals surface area contributed by atoms with E-state index in [1.54, 1.807) is 57.3 Å². The van der Waals surface area contributed by atoms with E-state index < -0.39 is 47.3 Å². The van der Waals surface area contributed by atoms with Gasteiger partial charge in [-0.15, -0.1) is 0 Å². The third-order valence-corrected chi connectivity index (χ3v) is 6.85. The normalized spacial score (nSPS) is 15.1. The number of alkyl halides is 3. The maximum Gasteiger partial charge on any atom is 0.420 e. The van der Waals surface area contributed by atoms with E-state index in [0.29, 0.717) is 23.9 Å². The van der Waals surface area contributed by atoms with Crippen molar-refractivity contribution in [3.63, 3.8) is 0 Å². The number of pyridine rings is 1. The fourth-order valence-electron chi connectivity index (χ4n) is 4.77. The summed E-state index contributed by atoms with van der Waals surface area (Å²) in [6.45, 7) is 7.18. The highest BCUT2D eigenvalue weighted by Crippen LogP contribution is 2.41. The molecule has 0 bridgehead atoms. The third-order valence-electron chi connectivity index (χ3n) is 6.85. The van der Waals surface area contributed by atoms with Gasteiger partial charge in [0.2, 0.25) is 5.91 Å². The largest absolute Gasteiger partial charge is 0.493 e. The molecule has 1 aromatic heterocycles. The summed E-state index contributed by atoms with van der Waals surface area (Å²) in [6, 6.07) is 11.8. The molecule has 4 rings (SSSR count). The molecule has 2 N–H and O–H groups in total. The van der Waals surface area contributed by atoms with Gasteiger partial charge in [0.05, 0.1) is 42.3 Å². The molecule has 1 aliphatic rings. The van der Waals surface area contributed by atoms with Crippen LogP contribution in [0.3, 0.4) is 0 Å². The van der Waals surface area contributed by atoms with Crippen molar-refractivity contribution in [3.05, 3.63) is 71.5 Å². The molecule has 1 unspecified atom stereocenters. The van der Waals surface area contributed by atoms with E-state index in [4.69, 9.17) is 18.9 Å². The first-order valence-corrected chi connectivity index (χ1v) is 15.2. The first kappa shape index (κ1) is 35.4. The van der Waals surface area contributed by atoms with Crippen LogP contribution in [0.5, 0.6) is 5.75 Å². The van der Waals surface area contributed by atoms with Crippen LogP contribution in [0.15, 0.2) is 54.7 Å². The van der Waals surface area contributed by atoms with Gasteiger partial charge in [0, 0.05) is 24.4 Å². The fraction of sp³-hybridized carbons (Fsp3) is 0.412. The predicted octanol–water partition coefficient (Wildman–Crippen LogP) is 7.77. The Morgan fingerprint density at radius 3 is 2.40 bits per heavy atom. The molecule has 3 aromatic rings. The molecular formula is C34H38F3N3O7. The van der Waals surface area contributed by atoms with Crippen molar-refractivity contribution < 1.29 is 46.5 Å². The molecule has 0 radical (unpaired) electrons. The maximum absolute atomic E-state index is 13.9. The summed E-state index contributed by atoms with van der Waals surface area (Å²) in [7, 11) is 0. The van der Waals surface area contributed by atoms with Crippen molar-refractivity contribution in [2.45, 2.75) is 78.1 Å². The van der Waals surface area contributed by atoms with Gasteiger partial charge in [-0.2, -0.15) is 13.2 Å². The smallest absolute Gasteiger partial charge is 0.420 e. The third kappa shape index (κ3) is 10.5. The SMILES string of the molecule is CCOc1cc(NC(=O)OC(C)(C)C)c(NC(=O)CC(=O)c2cccc(-c3ccnc(COC4CCCCO4)c3)c2)cc1C(F)(F)F. The van der Waals surface area contributed by atoms with Gasteiger partial charge in [-0.3, -0.25) is 19.9 Å². The molecule has 2 heterocycles. The zero-order valence-corrected chi connectivity index (χ0v) is 26.7. The average molecular weight is 658 g/mol. The van der Waals surface area contributed by atoms with Crippen LogP contribution in [-0.2, 0) is 31.8 Å². The van der Waals surface area contributed by atoms with E-state index in [2.05, 4.69) is 15.6 Å². The number of ether oxygens (including phenoxy) is 4. The molecule has 1 atom stereocenters. The second kappa shape index (κ2) is 15.4. The van der Waals surface area contributed by atoms with Crippen molar-refractivity contribution in [2.75, 3.05) is 23.8 Å². The van der Waals surface area contributed by atoms with Gasteiger partial charge in [-0.05, 0) is 82.3 Å². The van der Waals surface area contributed by atoms with Gasteiger partial charge < -0.3 is 24.3 Å². The molecule has 2 aromatic carbocycles. The summed E-state index contributed by atoms with van der Waals surface area (Å²) in [5.41, 5.74) is -0.298. The van der Waals surface area contributed by atoms with Crippen LogP contribution in [0.1, 0.15) is 75.0 Å². The Morgan fingerprint density at radius 2 is 1.72 bits per heavy atom. The topological polar surface area (TPSA) is 125 Å². The number of hydrogen-bond donors (Lipinski definition) is 2. The summed E-state index contributed by atoms with van der Waals surface area (Å²) < 4.78 is 63.5. The van der Waals surface area contributed by atoms with Gasteiger partial charge in [0.25, 0.3) is 0 Å². The van der Waals surface area contributed by atoms with Gasteiger partial charge in [0.1, 0.15) is 11.4 Å². The lowest BCUT2D eigenvalue weighted by Gasteiger charge is -2.22. The number of carbonyl (C=O) groups excluding carboxylic acids is 3. The lowest BCUT2D eigenvalue weighted by molar-refractivity contribution is -0.169. The Morgan fingerprint density at radius 1 is 0.979 bits per heavy atom. The number of halogens is 3. The second-order valence-electron chi connectivity index (χ2n) is 11.8. The lowest BCUT2D eigenvalue weighted by atomic mass is 10.00. The number of Topliss-reactive ketones (excluding diaryl/α,β-unsaturated/α-hetero) is 1. The molecule has 13 heteroatoms. The minimum Gasteiger partial charge on any atom is -0.493 e. The van der Waals surface area contributed by atoms with Gasteiger partial charge in [0.15, 0.2) is 12.1 Å². The van der Waals surface area contributed by atoms with E-state index in [-0.39, 0.29) is 36.4 Å². The Balaban J connectivity index is 1.50. The first-order chi connectivity index (χ1) is 22.2. The molecular weight excluding hydrogens is 619 g/mol. The molecule has 1 fully saturated rings. The van der Waals surface area contributed by atoms with Gasteiger partial charge in [-0.25, -0.2) is 4.79 Å². The first-order valence-electron chi connectivity index (χ1n) is 15.2.